The molecule has 0 saturated heterocycles. The van der Waals surface area contributed by atoms with E-state index < -0.39 is 11.6 Å². The van der Waals surface area contributed by atoms with Gasteiger partial charge in [0.2, 0.25) is 0 Å². The van der Waals surface area contributed by atoms with Crippen LogP contribution >= 0.6 is 0 Å². The summed E-state index contributed by atoms with van der Waals surface area (Å²) >= 11 is 0. The van der Waals surface area contributed by atoms with E-state index >= 15 is 0 Å². The van der Waals surface area contributed by atoms with Gasteiger partial charge in [-0.1, -0.05) is 12.1 Å². The van der Waals surface area contributed by atoms with Crippen molar-refractivity contribution in [3.63, 3.8) is 0 Å². The number of aldehydes is 1. The molecule has 0 atom stereocenters. The summed E-state index contributed by atoms with van der Waals surface area (Å²) in [5.74, 6) is -0.149. The van der Waals surface area contributed by atoms with Crippen LogP contribution in [0.3, 0.4) is 0 Å². The zero-order valence-electron chi connectivity index (χ0n) is 9.52. The summed E-state index contributed by atoms with van der Waals surface area (Å²) in [6.45, 7) is 3.24. The summed E-state index contributed by atoms with van der Waals surface area (Å²) in [6.07, 6.45) is 0.682. The van der Waals surface area contributed by atoms with Gasteiger partial charge in [-0.2, -0.15) is 0 Å². The average molecular weight is 222 g/mol. The van der Waals surface area contributed by atoms with Gasteiger partial charge in [0.25, 0.3) is 0 Å². The molecule has 86 valence electrons. The van der Waals surface area contributed by atoms with Gasteiger partial charge >= 0.3 is 5.97 Å². The van der Waals surface area contributed by atoms with Crippen molar-refractivity contribution in [2.24, 2.45) is 0 Å². The molecule has 0 bridgehead atoms. The second-order valence-corrected chi connectivity index (χ2v) is 3.81. The molecule has 0 aliphatic carbocycles. The second kappa shape index (κ2) is 4.79. The minimum Gasteiger partial charge on any atom is -0.479 e. The number of hydrogen-bond acceptors (Lipinski definition) is 4. The highest BCUT2D eigenvalue weighted by molar-refractivity contribution is 5.92. The van der Waals surface area contributed by atoms with Crippen LogP contribution in [0.15, 0.2) is 24.3 Å². The molecule has 0 unspecified atom stereocenters. The first kappa shape index (κ1) is 12.2. The molecule has 4 heteroatoms. The molecule has 0 radical (unpaired) electrons. The second-order valence-electron chi connectivity index (χ2n) is 3.81. The normalized spacial score (nSPS) is 10.7. The molecule has 1 aromatic carbocycles. The predicted octanol–water partition coefficient (Wildman–Crippen LogP) is 1.83. The van der Waals surface area contributed by atoms with Crippen molar-refractivity contribution in [3.05, 3.63) is 29.8 Å². The van der Waals surface area contributed by atoms with Crippen LogP contribution in [0.1, 0.15) is 24.2 Å². The van der Waals surface area contributed by atoms with Crippen LogP contribution in [0.5, 0.6) is 5.75 Å². The fraction of sp³-hybridized carbons (Fsp3) is 0.333. The van der Waals surface area contributed by atoms with E-state index in [0.29, 0.717) is 17.6 Å². The minimum atomic E-state index is -0.968. The van der Waals surface area contributed by atoms with Gasteiger partial charge in [-0.25, -0.2) is 4.79 Å². The van der Waals surface area contributed by atoms with Gasteiger partial charge in [0.15, 0.2) is 11.9 Å². The van der Waals surface area contributed by atoms with Crippen LogP contribution in [-0.2, 0) is 9.53 Å². The molecule has 4 nitrogen and oxygen atoms in total. The Morgan fingerprint density at radius 3 is 2.50 bits per heavy atom. The Morgan fingerprint density at radius 1 is 1.31 bits per heavy atom. The van der Waals surface area contributed by atoms with Crippen LogP contribution in [0, 0.1) is 0 Å². The Balaban J connectivity index is 3.04. The monoisotopic (exact) mass is 222 g/mol. The van der Waals surface area contributed by atoms with Crippen molar-refractivity contribution in [2.45, 2.75) is 19.4 Å². The summed E-state index contributed by atoms with van der Waals surface area (Å²) < 4.78 is 10.1. The van der Waals surface area contributed by atoms with Gasteiger partial charge in [-0.3, -0.25) is 4.79 Å². The highest BCUT2D eigenvalue weighted by Crippen LogP contribution is 2.22. The SMILES string of the molecule is COC(=O)c1ccccc1OC(C)(C)C=O. The maximum atomic E-state index is 11.4. The van der Waals surface area contributed by atoms with Crippen LogP contribution in [0.4, 0.5) is 0 Å². The Bertz CT molecular complexity index is 396. The highest BCUT2D eigenvalue weighted by atomic mass is 16.5. The number of methoxy groups -OCH3 is 1. The molecular weight excluding hydrogens is 208 g/mol. The van der Waals surface area contributed by atoms with E-state index in [0.717, 1.165) is 0 Å². The molecule has 1 aromatic rings. The van der Waals surface area contributed by atoms with E-state index in [9.17, 15) is 9.59 Å². The van der Waals surface area contributed by atoms with E-state index in [-0.39, 0.29) is 0 Å². The lowest BCUT2D eigenvalue weighted by Gasteiger charge is -2.21. The number of esters is 1. The summed E-state index contributed by atoms with van der Waals surface area (Å²) in [4.78, 5) is 22.2. The number of carbonyl (C=O) groups excluding carboxylic acids is 2. The van der Waals surface area contributed by atoms with Crippen LogP contribution in [0.25, 0.3) is 0 Å². The van der Waals surface area contributed by atoms with E-state index in [1.54, 1.807) is 38.1 Å². The van der Waals surface area contributed by atoms with Gasteiger partial charge in [0, 0.05) is 0 Å². The largest absolute Gasteiger partial charge is 0.479 e. The van der Waals surface area contributed by atoms with Crippen molar-refractivity contribution in [1.82, 2.24) is 0 Å². The van der Waals surface area contributed by atoms with Gasteiger partial charge in [-0.05, 0) is 26.0 Å². The van der Waals surface area contributed by atoms with Gasteiger partial charge < -0.3 is 9.47 Å². The van der Waals surface area contributed by atoms with E-state index in [1.165, 1.54) is 7.11 Å². The van der Waals surface area contributed by atoms with Gasteiger partial charge in [0.1, 0.15) is 11.3 Å². The number of hydrogen-bond donors (Lipinski definition) is 0. The molecule has 0 heterocycles. The number of para-hydroxylation sites is 1. The third-order valence-electron chi connectivity index (χ3n) is 1.95. The Kier molecular flexibility index (Phi) is 3.66. The smallest absolute Gasteiger partial charge is 0.341 e. The maximum absolute atomic E-state index is 11.4. The fourth-order valence-corrected chi connectivity index (χ4v) is 1.14. The van der Waals surface area contributed by atoms with Gasteiger partial charge in [0.05, 0.1) is 7.11 Å². The zero-order chi connectivity index (χ0) is 12.2. The highest BCUT2D eigenvalue weighted by Gasteiger charge is 2.22. The number of ether oxygens (including phenoxy) is 2. The molecule has 0 N–H and O–H groups in total. The van der Waals surface area contributed by atoms with E-state index in [2.05, 4.69) is 4.74 Å². The maximum Gasteiger partial charge on any atom is 0.341 e. The molecule has 0 aromatic heterocycles. The summed E-state index contributed by atoms with van der Waals surface area (Å²) in [5.41, 5.74) is -0.663. The number of rotatable bonds is 4. The standard InChI is InChI=1S/C12H14O4/c1-12(2,8-13)16-10-7-5-4-6-9(10)11(14)15-3/h4-8H,1-3H3. The first-order chi connectivity index (χ1) is 7.50. The number of benzene rings is 1. The molecule has 1 rings (SSSR count). The fourth-order valence-electron chi connectivity index (χ4n) is 1.14. The molecular formula is C12H14O4. The number of carbonyl (C=O) groups is 2. The van der Waals surface area contributed by atoms with Crippen molar-refractivity contribution >= 4 is 12.3 Å². The van der Waals surface area contributed by atoms with Crippen LogP contribution in [-0.4, -0.2) is 25.0 Å². The quantitative estimate of drug-likeness (QED) is 0.576. The average Bonchev–Trinajstić information content (AvgIpc) is 2.28. The summed E-state index contributed by atoms with van der Waals surface area (Å²) in [7, 11) is 1.30. The Hall–Kier alpha value is -1.84. The van der Waals surface area contributed by atoms with E-state index in [1.807, 2.05) is 0 Å². The van der Waals surface area contributed by atoms with Crippen LogP contribution in [0.2, 0.25) is 0 Å². The minimum absolute atomic E-state index is 0.305. The third-order valence-corrected chi connectivity index (χ3v) is 1.95. The lowest BCUT2D eigenvalue weighted by molar-refractivity contribution is -0.119. The molecule has 0 aliphatic rings. The summed E-state index contributed by atoms with van der Waals surface area (Å²) in [6, 6.07) is 6.63. The summed E-state index contributed by atoms with van der Waals surface area (Å²) in [5, 5.41) is 0. The zero-order valence-corrected chi connectivity index (χ0v) is 9.52. The Morgan fingerprint density at radius 2 is 1.94 bits per heavy atom. The Labute approximate surface area is 94.2 Å². The molecule has 0 spiro atoms. The first-order valence-corrected chi connectivity index (χ1v) is 4.83. The molecule has 0 aliphatic heterocycles. The predicted molar refractivity (Wildman–Crippen MR) is 58.6 cm³/mol. The van der Waals surface area contributed by atoms with Crippen molar-refractivity contribution in [1.29, 1.82) is 0 Å². The molecule has 16 heavy (non-hydrogen) atoms. The van der Waals surface area contributed by atoms with Crippen molar-refractivity contribution in [3.8, 4) is 5.75 Å². The first-order valence-electron chi connectivity index (χ1n) is 4.83. The topological polar surface area (TPSA) is 52.6 Å². The lowest BCUT2D eigenvalue weighted by atomic mass is 10.1. The molecule has 0 fully saturated rings. The van der Waals surface area contributed by atoms with E-state index in [4.69, 9.17) is 4.74 Å². The third kappa shape index (κ3) is 2.82. The molecule has 0 saturated carbocycles. The van der Waals surface area contributed by atoms with Crippen molar-refractivity contribution < 1.29 is 19.1 Å². The lowest BCUT2D eigenvalue weighted by Crippen LogP contribution is -2.30. The van der Waals surface area contributed by atoms with Crippen LogP contribution < -0.4 is 4.74 Å². The molecule has 0 amide bonds. The van der Waals surface area contributed by atoms with Crippen molar-refractivity contribution in [2.75, 3.05) is 7.11 Å². The van der Waals surface area contributed by atoms with Gasteiger partial charge in [-0.15, -0.1) is 0 Å².